The van der Waals surface area contributed by atoms with Crippen LogP contribution in [-0.2, 0) is 0 Å². The summed E-state index contributed by atoms with van der Waals surface area (Å²) in [6.07, 6.45) is 3.80. The zero-order chi connectivity index (χ0) is 16.7. The fraction of sp³-hybridized carbons (Fsp3) is 0.333. The van der Waals surface area contributed by atoms with Crippen molar-refractivity contribution in [3.05, 3.63) is 51.2 Å². The second-order valence-corrected chi connectivity index (χ2v) is 6.38. The lowest BCUT2D eigenvalue weighted by atomic mass is 10.2. The minimum absolute atomic E-state index is 0.178. The molecule has 0 spiro atoms. The van der Waals surface area contributed by atoms with Crippen molar-refractivity contribution >= 4 is 23.5 Å². The Balaban J connectivity index is 1.88. The van der Waals surface area contributed by atoms with Crippen LogP contribution in [0.25, 0.3) is 0 Å². The summed E-state index contributed by atoms with van der Waals surface area (Å²) in [4.78, 5) is 13.2. The molecule has 4 nitrogen and oxygen atoms in total. The van der Waals surface area contributed by atoms with Gasteiger partial charge in [0.15, 0.2) is 0 Å². The van der Waals surface area contributed by atoms with Crippen molar-refractivity contribution in [1.82, 2.24) is 5.43 Å². The molecule has 0 unspecified atom stereocenters. The zero-order valence-electron chi connectivity index (χ0n) is 13.8. The van der Waals surface area contributed by atoms with E-state index in [1.807, 2.05) is 43.5 Å². The van der Waals surface area contributed by atoms with E-state index in [4.69, 9.17) is 4.74 Å². The van der Waals surface area contributed by atoms with Crippen LogP contribution in [0.4, 0.5) is 0 Å². The van der Waals surface area contributed by atoms with E-state index in [-0.39, 0.29) is 5.91 Å². The molecule has 0 saturated heterocycles. The Morgan fingerprint density at radius 1 is 1.30 bits per heavy atom. The lowest BCUT2D eigenvalue weighted by Crippen LogP contribution is -2.17. The van der Waals surface area contributed by atoms with Crippen molar-refractivity contribution in [3.8, 4) is 5.75 Å². The molecule has 0 aliphatic rings. The quantitative estimate of drug-likeness (QED) is 0.467. The number of unbranched alkanes of at least 4 members (excludes halogenated alkanes) is 1. The summed E-state index contributed by atoms with van der Waals surface area (Å²) in [6.45, 7) is 6.82. The summed E-state index contributed by atoms with van der Waals surface area (Å²) in [6, 6.07) is 7.64. The molecule has 1 aromatic heterocycles. The highest BCUT2D eigenvalue weighted by atomic mass is 32.1. The molecule has 23 heavy (non-hydrogen) atoms. The van der Waals surface area contributed by atoms with E-state index in [9.17, 15) is 4.79 Å². The normalized spacial score (nSPS) is 10.9. The highest BCUT2D eigenvalue weighted by Crippen LogP contribution is 2.20. The Labute approximate surface area is 141 Å². The van der Waals surface area contributed by atoms with Gasteiger partial charge in [-0.15, -0.1) is 11.3 Å². The van der Waals surface area contributed by atoms with Gasteiger partial charge in [0.05, 0.1) is 18.4 Å². The Bertz CT molecular complexity index is 675. The summed E-state index contributed by atoms with van der Waals surface area (Å²) in [5.74, 6) is 0.673. The van der Waals surface area contributed by atoms with E-state index in [0.29, 0.717) is 5.56 Å². The first-order chi connectivity index (χ1) is 11.1. The molecule has 1 amide bonds. The number of ether oxygens (including phenoxy) is 1. The van der Waals surface area contributed by atoms with E-state index in [1.165, 1.54) is 0 Å². The van der Waals surface area contributed by atoms with Gasteiger partial charge in [0.2, 0.25) is 0 Å². The maximum absolute atomic E-state index is 12.0. The minimum atomic E-state index is -0.178. The van der Waals surface area contributed by atoms with E-state index in [2.05, 4.69) is 17.5 Å². The third kappa shape index (κ3) is 4.93. The predicted molar refractivity (Wildman–Crippen MR) is 95.7 cm³/mol. The second kappa shape index (κ2) is 8.48. The largest absolute Gasteiger partial charge is 0.494 e. The Morgan fingerprint density at radius 2 is 2.04 bits per heavy atom. The molecular formula is C18H22N2O2S. The summed E-state index contributed by atoms with van der Waals surface area (Å²) < 4.78 is 5.60. The van der Waals surface area contributed by atoms with Crippen molar-refractivity contribution in [2.45, 2.75) is 33.6 Å². The lowest BCUT2D eigenvalue weighted by molar-refractivity contribution is 0.0955. The van der Waals surface area contributed by atoms with Crippen LogP contribution in [0, 0.1) is 13.8 Å². The van der Waals surface area contributed by atoms with Gasteiger partial charge in [-0.05, 0) is 55.7 Å². The van der Waals surface area contributed by atoms with Gasteiger partial charge < -0.3 is 4.74 Å². The Hall–Kier alpha value is -2.14. The number of thiophene rings is 1. The molecule has 0 radical (unpaired) electrons. The second-order valence-electron chi connectivity index (χ2n) is 5.30. The van der Waals surface area contributed by atoms with Gasteiger partial charge in [0.25, 0.3) is 5.91 Å². The molecule has 0 aliphatic heterocycles. The molecule has 0 aliphatic carbocycles. The van der Waals surface area contributed by atoms with E-state index in [0.717, 1.165) is 41.2 Å². The molecule has 1 aromatic carbocycles. The summed E-state index contributed by atoms with van der Waals surface area (Å²) in [7, 11) is 0. The van der Waals surface area contributed by atoms with Crippen molar-refractivity contribution < 1.29 is 9.53 Å². The smallest absolute Gasteiger partial charge is 0.272 e. The fourth-order valence-electron chi connectivity index (χ4n) is 1.95. The third-order valence-electron chi connectivity index (χ3n) is 3.56. The Kier molecular flexibility index (Phi) is 6.35. The van der Waals surface area contributed by atoms with Crippen LogP contribution in [0.3, 0.4) is 0 Å². The number of hydrazone groups is 1. The first-order valence-corrected chi connectivity index (χ1v) is 8.60. The van der Waals surface area contributed by atoms with Crippen molar-refractivity contribution in [2.75, 3.05) is 6.61 Å². The molecule has 5 heteroatoms. The molecule has 0 saturated carbocycles. The number of carbonyl (C=O) groups is 1. The van der Waals surface area contributed by atoms with E-state index < -0.39 is 0 Å². The maximum Gasteiger partial charge on any atom is 0.272 e. The maximum atomic E-state index is 12.0. The van der Waals surface area contributed by atoms with Gasteiger partial charge in [-0.25, -0.2) is 5.43 Å². The van der Waals surface area contributed by atoms with Crippen LogP contribution in [0.2, 0.25) is 0 Å². The average Bonchev–Trinajstić information content (AvgIpc) is 2.89. The van der Waals surface area contributed by atoms with Gasteiger partial charge in [-0.2, -0.15) is 5.10 Å². The number of carbonyl (C=O) groups excluding carboxylic acids is 1. The summed E-state index contributed by atoms with van der Waals surface area (Å²) >= 11 is 1.57. The molecule has 2 rings (SSSR count). The predicted octanol–water partition coefficient (Wildman–Crippen LogP) is 4.31. The van der Waals surface area contributed by atoms with E-state index in [1.54, 1.807) is 17.6 Å². The monoisotopic (exact) mass is 330 g/mol. The number of rotatable bonds is 7. The molecule has 1 N–H and O–H groups in total. The number of aryl methyl sites for hydroxylation is 1. The first kappa shape index (κ1) is 17.2. The van der Waals surface area contributed by atoms with Crippen LogP contribution in [-0.4, -0.2) is 18.7 Å². The molecule has 0 atom stereocenters. The molecule has 2 aromatic rings. The van der Waals surface area contributed by atoms with Crippen LogP contribution in [0.1, 0.15) is 46.1 Å². The Morgan fingerprint density at radius 3 is 2.65 bits per heavy atom. The summed E-state index contributed by atoms with van der Waals surface area (Å²) in [5, 5.41) is 5.87. The van der Waals surface area contributed by atoms with E-state index >= 15 is 0 Å². The number of benzene rings is 1. The molecule has 0 bridgehead atoms. The minimum Gasteiger partial charge on any atom is -0.494 e. The molecule has 0 fully saturated rings. The lowest BCUT2D eigenvalue weighted by Gasteiger charge is -2.05. The molecule has 122 valence electrons. The number of hydrogen-bond acceptors (Lipinski definition) is 4. The van der Waals surface area contributed by atoms with Gasteiger partial charge in [0, 0.05) is 10.3 Å². The number of hydrogen-bond donors (Lipinski definition) is 1. The van der Waals surface area contributed by atoms with Crippen LogP contribution < -0.4 is 10.2 Å². The van der Waals surface area contributed by atoms with Crippen LogP contribution in [0.15, 0.2) is 34.7 Å². The van der Waals surface area contributed by atoms with Gasteiger partial charge in [-0.1, -0.05) is 13.3 Å². The van der Waals surface area contributed by atoms with Gasteiger partial charge in [0.1, 0.15) is 5.75 Å². The van der Waals surface area contributed by atoms with Crippen molar-refractivity contribution in [1.29, 1.82) is 0 Å². The standard InChI is InChI=1S/C18H22N2O2S/c1-4-5-10-22-16-8-6-15(7-9-16)11-19-20-18(21)17-12-23-14(3)13(17)2/h6-9,11-12H,4-5,10H2,1-3H3,(H,20,21). The highest BCUT2D eigenvalue weighted by molar-refractivity contribution is 7.10. The van der Waals surface area contributed by atoms with Gasteiger partial charge >= 0.3 is 0 Å². The average molecular weight is 330 g/mol. The van der Waals surface area contributed by atoms with Crippen LogP contribution in [0.5, 0.6) is 5.75 Å². The number of nitrogens with one attached hydrogen (secondary N) is 1. The molecule has 1 heterocycles. The highest BCUT2D eigenvalue weighted by Gasteiger charge is 2.11. The fourth-order valence-corrected chi connectivity index (χ4v) is 2.81. The van der Waals surface area contributed by atoms with Crippen LogP contribution >= 0.6 is 11.3 Å². The first-order valence-electron chi connectivity index (χ1n) is 7.72. The topological polar surface area (TPSA) is 50.7 Å². The van der Waals surface area contributed by atoms with Gasteiger partial charge in [-0.3, -0.25) is 4.79 Å². The van der Waals surface area contributed by atoms with Crippen molar-refractivity contribution in [2.24, 2.45) is 5.10 Å². The third-order valence-corrected chi connectivity index (χ3v) is 4.57. The zero-order valence-corrected chi connectivity index (χ0v) is 14.6. The van der Waals surface area contributed by atoms with Crippen molar-refractivity contribution in [3.63, 3.8) is 0 Å². The number of amides is 1. The SMILES string of the molecule is CCCCOc1ccc(C=NNC(=O)c2csc(C)c2C)cc1. The number of nitrogens with zero attached hydrogens (tertiary/aromatic N) is 1. The summed E-state index contributed by atoms with van der Waals surface area (Å²) in [5.41, 5.74) is 5.17. The molecular weight excluding hydrogens is 308 g/mol.